The molecule has 0 aliphatic heterocycles. The van der Waals surface area contributed by atoms with Gasteiger partial charge in [0.1, 0.15) is 0 Å². The van der Waals surface area contributed by atoms with Crippen molar-refractivity contribution >= 4 is 5.97 Å². The number of aryl methyl sites for hydroxylation is 2. The Kier molecular flexibility index (Phi) is 5.35. The molecule has 0 radical (unpaired) electrons. The zero-order valence-electron chi connectivity index (χ0n) is 12.8. The lowest BCUT2D eigenvalue weighted by Gasteiger charge is -2.09. The van der Waals surface area contributed by atoms with E-state index < -0.39 is 0 Å². The molecule has 0 fully saturated rings. The van der Waals surface area contributed by atoms with Crippen LogP contribution in [0.5, 0.6) is 11.5 Å². The van der Waals surface area contributed by atoms with E-state index >= 15 is 0 Å². The maximum absolute atomic E-state index is 11.7. The predicted octanol–water partition coefficient (Wildman–Crippen LogP) is 2.07. The van der Waals surface area contributed by atoms with Crippen molar-refractivity contribution in [3.8, 4) is 11.5 Å². The standard InChI is InChI=1S/C15H18N2O5/c1-10-16-14(22-17-10)9-21-15(18)7-5-11-4-6-12(19-2)13(8-11)20-3/h4,6,8H,5,7,9H2,1-3H3. The highest BCUT2D eigenvalue weighted by molar-refractivity contribution is 5.69. The van der Waals surface area contributed by atoms with Gasteiger partial charge in [0.2, 0.25) is 0 Å². The van der Waals surface area contributed by atoms with Crippen molar-refractivity contribution in [1.82, 2.24) is 10.1 Å². The summed E-state index contributed by atoms with van der Waals surface area (Å²) in [4.78, 5) is 15.7. The Labute approximate surface area is 128 Å². The van der Waals surface area contributed by atoms with Gasteiger partial charge in [0.25, 0.3) is 5.89 Å². The van der Waals surface area contributed by atoms with Crippen LogP contribution in [0.3, 0.4) is 0 Å². The van der Waals surface area contributed by atoms with Crippen molar-refractivity contribution < 1.29 is 23.5 Å². The third-order valence-electron chi connectivity index (χ3n) is 2.99. The van der Waals surface area contributed by atoms with E-state index in [2.05, 4.69) is 10.1 Å². The van der Waals surface area contributed by atoms with Gasteiger partial charge in [-0.15, -0.1) is 0 Å². The lowest BCUT2D eigenvalue weighted by Crippen LogP contribution is -2.06. The number of benzene rings is 1. The van der Waals surface area contributed by atoms with E-state index in [1.165, 1.54) is 0 Å². The summed E-state index contributed by atoms with van der Waals surface area (Å²) in [6.07, 6.45) is 0.796. The Morgan fingerprint density at radius 3 is 2.64 bits per heavy atom. The van der Waals surface area contributed by atoms with Crippen LogP contribution >= 0.6 is 0 Å². The third-order valence-corrected chi connectivity index (χ3v) is 2.99. The summed E-state index contributed by atoms with van der Waals surface area (Å²) in [5, 5.41) is 3.62. The molecule has 0 spiro atoms. The number of nitrogens with zero attached hydrogens (tertiary/aromatic N) is 2. The molecular weight excluding hydrogens is 288 g/mol. The number of hydrogen-bond acceptors (Lipinski definition) is 7. The van der Waals surface area contributed by atoms with E-state index in [1.807, 2.05) is 12.1 Å². The topological polar surface area (TPSA) is 83.7 Å². The van der Waals surface area contributed by atoms with Crippen LogP contribution in [0.1, 0.15) is 23.7 Å². The zero-order valence-corrected chi connectivity index (χ0v) is 12.8. The van der Waals surface area contributed by atoms with Crippen LogP contribution in [-0.4, -0.2) is 30.3 Å². The van der Waals surface area contributed by atoms with Crippen molar-refractivity contribution in [1.29, 1.82) is 0 Å². The molecule has 118 valence electrons. The Morgan fingerprint density at radius 2 is 2.00 bits per heavy atom. The number of aromatic nitrogens is 2. The van der Waals surface area contributed by atoms with Gasteiger partial charge >= 0.3 is 5.97 Å². The van der Waals surface area contributed by atoms with Crippen LogP contribution in [0.4, 0.5) is 0 Å². The normalized spacial score (nSPS) is 10.3. The van der Waals surface area contributed by atoms with Crippen molar-refractivity contribution in [2.24, 2.45) is 0 Å². The molecule has 1 heterocycles. The molecule has 0 saturated carbocycles. The smallest absolute Gasteiger partial charge is 0.306 e. The van der Waals surface area contributed by atoms with Gasteiger partial charge in [-0.05, 0) is 31.0 Å². The lowest BCUT2D eigenvalue weighted by atomic mass is 10.1. The average molecular weight is 306 g/mol. The average Bonchev–Trinajstić information content (AvgIpc) is 2.96. The Bertz CT molecular complexity index is 639. The molecule has 0 N–H and O–H groups in total. The summed E-state index contributed by atoms with van der Waals surface area (Å²) in [6.45, 7) is 1.69. The van der Waals surface area contributed by atoms with Crippen LogP contribution in [0, 0.1) is 6.92 Å². The van der Waals surface area contributed by atoms with Crippen molar-refractivity contribution in [3.63, 3.8) is 0 Å². The van der Waals surface area contributed by atoms with Crippen molar-refractivity contribution in [2.45, 2.75) is 26.4 Å². The van der Waals surface area contributed by atoms with Crippen LogP contribution in [0.15, 0.2) is 22.7 Å². The van der Waals surface area contributed by atoms with Gasteiger partial charge < -0.3 is 18.7 Å². The first-order valence-electron chi connectivity index (χ1n) is 6.78. The number of rotatable bonds is 7. The van der Waals surface area contributed by atoms with Crippen LogP contribution in [0.2, 0.25) is 0 Å². The van der Waals surface area contributed by atoms with Crippen molar-refractivity contribution in [3.05, 3.63) is 35.5 Å². The quantitative estimate of drug-likeness (QED) is 0.724. The molecule has 7 nitrogen and oxygen atoms in total. The summed E-state index contributed by atoms with van der Waals surface area (Å²) < 4.78 is 20.3. The highest BCUT2D eigenvalue weighted by Gasteiger charge is 2.10. The number of esters is 1. The molecule has 0 saturated heterocycles. The molecule has 0 aliphatic rings. The molecule has 0 bridgehead atoms. The van der Waals surface area contributed by atoms with E-state index in [1.54, 1.807) is 27.2 Å². The molecule has 7 heteroatoms. The summed E-state index contributed by atoms with van der Waals surface area (Å²) in [7, 11) is 3.15. The number of carbonyl (C=O) groups excluding carboxylic acids is 1. The SMILES string of the molecule is COc1ccc(CCC(=O)OCc2nc(C)no2)cc1OC. The molecule has 0 atom stereocenters. The molecular formula is C15H18N2O5. The lowest BCUT2D eigenvalue weighted by molar-refractivity contribution is -0.145. The Balaban J connectivity index is 1.83. The van der Waals surface area contributed by atoms with Crippen LogP contribution in [0.25, 0.3) is 0 Å². The summed E-state index contributed by atoms with van der Waals surface area (Å²) >= 11 is 0. The first kappa shape index (κ1) is 15.8. The fraction of sp³-hybridized carbons (Fsp3) is 0.400. The minimum Gasteiger partial charge on any atom is -0.493 e. The van der Waals surface area contributed by atoms with Crippen LogP contribution < -0.4 is 9.47 Å². The summed E-state index contributed by atoms with van der Waals surface area (Å²) in [6, 6.07) is 5.53. The number of hydrogen-bond donors (Lipinski definition) is 0. The van der Waals surface area contributed by atoms with Gasteiger partial charge in [-0.3, -0.25) is 4.79 Å². The molecule has 1 aromatic carbocycles. The second kappa shape index (κ2) is 7.44. The van der Waals surface area contributed by atoms with Gasteiger partial charge in [-0.2, -0.15) is 4.98 Å². The maximum atomic E-state index is 11.7. The molecule has 0 unspecified atom stereocenters. The fourth-order valence-electron chi connectivity index (χ4n) is 1.90. The third kappa shape index (κ3) is 4.21. The summed E-state index contributed by atoms with van der Waals surface area (Å²) in [5.41, 5.74) is 0.961. The predicted molar refractivity (Wildman–Crippen MR) is 76.7 cm³/mol. The van der Waals surface area contributed by atoms with E-state index in [4.69, 9.17) is 18.7 Å². The van der Waals surface area contributed by atoms with Gasteiger partial charge in [0, 0.05) is 6.42 Å². The largest absolute Gasteiger partial charge is 0.493 e. The van der Waals surface area contributed by atoms with Gasteiger partial charge in [0.15, 0.2) is 23.9 Å². The first-order valence-corrected chi connectivity index (χ1v) is 6.78. The minimum absolute atomic E-state index is 0.00833. The van der Waals surface area contributed by atoms with Crippen LogP contribution in [-0.2, 0) is 22.6 Å². The van der Waals surface area contributed by atoms with E-state index in [9.17, 15) is 4.79 Å². The number of ether oxygens (including phenoxy) is 3. The molecule has 0 amide bonds. The van der Waals surface area contributed by atoms with Gasteiger partial charge in [-0.1, -0.05) is 11.2 Å². The number of carbonyl (C=O) groups is 1. The highest BCUT2D eigenvalue weighted by atomic mass is 16.6. The second-order valence-corrected chi connectivity index (χ2v) is 4.59. The zero-order chi connectivity index (χ0) is 15.9. The molecule has 0 aliphatic carbocycles. The molecule has 2 aromatic rings. The molecule has 2 rings (SSSR count). The van der Waals surface area contributed by atoms with Gasteiger partial charge in [-0.25, -0.2) is 0 Å². The second-order valence-electron chi connectivity index (χ2n) is 4.59. The monoisotopic (exact) mass is 306 g/mol. The Hall–Kier alpha value is -2.57. The maximum Gasteiger partial charge on any atom is 0.306 e. The molecule has 1 aromatic heterocycles. The first-order chi connectivity index (χ1) is 10.6. The minimum atomic E-state index is -0.328. The van der Waals surface area contributed by atoms with Gasteiger partial charge in [0.05, 0.1) is 14.2 Å². The number of methoxy groups -OCH3 is 2. The highest BCUT2D eigenvalue weighted by Crippen LogP contribution is 2.27. The van der Waals surface area contributed by atoms with E-state index in [0.717, 1.165) is 5.56 Å². The fourth-order valence-corrected chi connectivity index (χ4v) is 1.90. The van der Waals surface area contributed by atoms with E-state index in [-0.39, 0.29) is 24.9 Å². The Morgan fingerprint density at radius 1 is 1.23 bits per heavy atom. The summed E-state index contributed by atoms with van der Waals surface area (Å²) in [5.74, 6) is 1.76. The van der Waals surface area contributed by atoms with Crippen molar-refractivity contribution in [2.75, 3.05) is 14.2 Å². The van der Waals surface area contributed by atoms with E-state index in [0.29, 0.717) is 23.7 Å². The molecule has 22 heavy (non-hydrogen) atoms.